The Labute approximate surface area is 140 Å². The standard InChI is InChI=1S/C17H21N5O2/c1-2-24-12-9-7-11(8-10-12)19-16(18)22-17-20-14-6-4-3-5-13(14)15(23)21-17/h7-10H,2-6H2,1H3,(H4,18,19,20,21,22,23). The number of aryl methyl sites for hydroxylation is 1. The highest BCUT2D eigenvalue weighted by atomic mass is 16.5. The smallest absolute Gasteiger partial charge is 0.255 e. The van der Waals surface area contributed by atoms with Crippen molar-refractivity contribution < 1.29 is 4.74 Å². The Morgan fingerprint density at radius 3 is 2.83 bits per heavy atom. The van der Waals surface area contributed by atoms with E-state index < -0.39 is 0 Å². The minimum absolute atomic E-state index is 0.118. The van der Waals surface area contributed by atoms with Gasteiger partial charge in [0.25, 0.3) is 5.56 Å². The van der Waals surface area contributed by atoms with Gasteiger partial charge in [-0.3, -0.25) is 9.78 Å². The molecule has 0 saturated heterocycles. The highest BCUT2D eigenvalue weighted by molar-refractivity contribution is 5.93. The molecule has 0 saturated carbocycles. The molecule has 4 N–H and O–H groups in total. The molecule has 7 heteroatoms. The van der Waals surface area contributed by atoms with Gasteiger partial charge in [-0.1, -0.05) is 0 Å². The van der Waals surface area contributed by atoms with E-state index in [1.807, 2.05) is 31.2 Å². The number of H-pyrrole nitrogens is 1. The number of nitrogens with one attached hydrogen (secondary N) is 2. The van der Waals surface area contributed by atoms with Crippen LogP contribution in [-0.2, 0) is 12.8 Å². The van der Waals surface area contributed by atoms with Gasteiger partial charge >= 0.3 is 0 Å². The lowest BCUT2D eigenvalue weighted by atomic mass is 9.97. The molecule has 0 spiro atoms. The van der Waals surface area contributed by atoms with Gasteiger partial charge in [0, 0.05) is 11.3 Å². The van der Waals surface area contributed by atoms with Crippen LogP contribution in [0.3, 0.4) is 0 Å². The van der Waals surface area contributed by atoms with E-state index in [2.05, 4.69) is 20.3 Å². The summed E-state index contributed by atoms with van der Waals surface area (Å²) in [6.07, 6.45) is 3.67. The van der Waals surface area contributed by atoms with Crippen LogP contribution < -0.4 is 21.3 Å². The van der Waals surface area contributed by atoms with E-state index in [1.165, 1.54) is 0 Å². The molecule has 0 bridgehead atoms. The zero-order valence-electron chi connectivity index (χ0n) is 13.6. The summed E-state index contributed by atoms with van der Waals surface area (Å²) in [6, 6.07) is 7.38. The van der Waals surface area contributed by atoms with Gasteiger partial charge in [0.05, 0.1) is 12.3 Å². The number of anilines is 1. The predicted molar refractivity (Wildman–Crippen MR) is 94.0 cm³/mol. The number of guanidine groups is 1. The number of ether oxygens (including phenoxy) is 1. The van der Waals surface area contributed by atoms with Crippen LogP contribution in [0.15, 0.2) is 34.1 Å². The van der Waals surface area contributed by atoms with Gasteiger partial charge in [0.15, 0.2) is 0 Å². The zero-order chi connectivity index (χ0) is 16.9. The third-order valence-electron chi connectivity index (χ3n) is 3.84. The van der Waals surface area contributed by atoms with Gasteiger partial charge in [-0.05, 0) is 56.9 Å². The highest BCUT2D eigenvalue weighted by Crippen LogP contribution is 2.18. The minimum atomic E-state index is -0.118. The summed E-state index contributed by atoms with van der Waals surface area (Å²) in [5.74, 6) is 1.19. The SMILES string of the molecule is CCOc1ccc(N/C(N)=N/c2nc3c(c(=O)[nH]2)CCCC3)cc1. The number of fused-ring (bicyclic) bond motifs is 1. The molecule has 0 aliphatic heterocycles. The van der Waals surface area contributed by atoms with Crippen LogP contribution in [0.1, 0.15) is 31.0 Å². The fraction of sp³-hybridized carbons (Fsp3) is 0.353. The normalized spacial score (nSPS) is 14.1. The first-order chi connectivity index (χ1) is 11.7. The predicted octanol–water partition coefficient (Wildman–Crippen LogP) is 2.11. The van der Waals surface area contributed by atoms with E-state index in [9.17, 15) is 4.79 Å². The molecule has 0 atom stereocenters. The average Bonchev–Trinajstić information content (AvgIpc) is 2.57. The molecule has 1 aromatic heterocycles. The van der Waals surface area contributed by atoms with Crippen molar-refractivity contribution in [3.63, 3.8) is 0 Å². The van der Waals surface area contributed by atoms with Crippen LogP contribution in [0.4, 0.5) is 11.6 Å². The second-order valence-electron chi connectivity index (χ2n) is 5.60. The largest absolute Gasteiger partial charge is 0.494 e. The molecule has 1 aliphatic carbocycles. The summed E-state index contributed by atoms with van der Waals surface area (Å²) in [7, 11) is 0. The average molecular weight is 327 g/mol. The summed E-state index contributed by atoms with van der Waals surface area (Å²) in [5.41, 5.74) is 8.17. The van der Waals surface area contributed by atoms with Gasteiger partial charge in [-0.15, -0.1) is 0 Å². The first kappa shape index (κ1) is 16.0. The molecule has 1 aromatic carbocycles. The fourth-order valence-electron chi connectivity index (χ4n) is 2.73. The summed E-state index contributed by atoms with van der Waals surface area (Å²) in [6.45, 7) is 2.55. The van der Waals surface area contributed by atoms with Crippen molar-refractivity contribution in [2.45, 2.75) is 32.6 Å². The Hall–Kier alpha value is -2.83. The monoisotopic (exact) mass is 327 g/mol. The molecule has 2 aromatic rings. The summed E-state index contributed by atoms with van der Waals surface area (Å²) in [4.78, 5) is 23.3. The molecule has 7 nitrogen and oxygen atoms in total. The maximum Gasteiger partial charge on any atom is 0.255 e. The maximum absolute atomic E-state index is 12.1. The van der Waals surface area contributed by atoms with E-state index in [0.717, 1.165) is 48.4 Å². The van der Waals surface area contributed by atoms with Crippen molar-refractivity contribution in [3.05, 3.63) is 45.9 Å². The quantitative estimate of drug-likeness (QED) is 0.589. The van der Waals surface area contributed by atoms with Crippen molar-refractivity contribution >= 4 is 17.6 Å². The Bertz CT molecular complexity index is 796. The van der Waals surface area contributed by atoms with Crippen molar-refractivity contribution in [1.29, 1.82) is 0 Å². The van der Waals surface area contributed by atoms with Crippen LogP contribution in [0.5, 0.6) is 5.75 Å². The van der Waals surface area contributed by atoms with Crippen LogP contribution in [-0.4, -0.2) is 22.5 Å². The van der Waals surface area contributed by atoms with Crippen LogP contribution in [0.25, 0.3) is 0 Å². The fourth-order valence-corrected chi connectivity index (χ4v) is 2.73. The first-order valence-corrected chi connectivity index (χ1v) is 8.12. The number of benzene rings is 1. The van der Waals surface area contributed by atoms with Gasteiger partial charge in [0.2, 0.25) is 11.9 Å². The number of nitrogens with two attached hydrogens (primary N) is 1. The maximum atomic E-state index is 12.1. The zero-order valence-corrected chi connectivity index (χ0v) is 13.6. The highest BCUT2D eigenvalue weighted by Gasteiger charge is 2.15. The number of hydrogen-bond acceptors (Lipinski definition) is 4. The van der Waals surface area contributed by atoms with Crippen molar-refractivity contribution in [2.24, 2.45) is 10.7 Å². The first-order valence-electron chi connectivity index (χ1n) is 8.12. The number of aliphatic imine (C=N–C) groups is 1. The third kappa shape index (κ3) is 3.73. The van der Waals surface area contributed by atoms with Gasteiger partial charge in [-0.25, -0.2) is 4.98 Å². The Morgan fingerprint density at radius 1 is 1.33 bits per heavy atom. The molecule has 0 unspecified atom stereocenters. The number of aromatic nitrogens is 2. The number of nitrogens with zero attached hydrogens (tertiary/aromatic N) is 2. The molecule has 126 valence electrons. The minimum Gasteiger partial charge on any atom is -0.494 e. The summed E-state index contributed by atoms with van der Waals surface area (Å²) >= 11 is 0. The molecule has 1 heterocycles. The summed E-state index contributed by atoms with van der Waals surface area (Å²) < 4.78 is 5.39. The Kier molecular flexibility index (Phi) is 4.79. The summed E-state index contributed by atoms with van der Waals surface area (Å²) in [5, 5.41) is 2.97. The molecule has 0 radical (unpaired) electrons. The molecule has 0 amide bonds. The lowest BCUT2D eigenvalue weighted by Crippen LogP contribution is -2.24. The van der Waals surface area contributed by atoms with Crippen molar-refractivity contribution in [3.8, 4) is 5.75 Å². The van der Waals surface area contributed by atoms with Crippen LogP contribution in [0.2, 0.25) is 0 Å². The lowest BCUT2D eigenvalue weighted by Gasteiger charge is -2.13. The number of hydrogen-bond donors (Lipinski definition) is 3. The number of aromatic amines is 1. The van der Waals surface area contributed by atoms with E-state index in [0.29, 0.717) is 6.61 Å². The van der Waals surface area contributed by atoms with Crippen LogP contribution >= 0.6 is 0 Å². The van der Waals surface area contributed by atoms with E-state index in [4.69, 9.17) is 10.5 Å². The lowest BCUT2D eigenvalue weighted by molar-refractivity contribution is 0.340. The molecule has 3 rings (SSSR count). The van der Waals surface area contributed by atoms with Gasteiger partial charge in [-0.2, -0.15) is 4.99 Å². The second kappa shape index (κ2) is 7.16. The number of rotatable bonds is 4. The molecular formula is C17H21N5O2. The third-order valence-corrected chi connectivity index (χ3v) is 3.84. The van der Waals surface area contributed by atoms with E-state index in [1.54, 1.807) is 0 Å². The molecule has 24 heavy (non-hydrogen) atoms. The van der Waals surface area contributed by atoms with E-state index in [-0.39, 0.29) is 17.5 Å². The second-order valence-corrected chi connectivity index (χ2v) is 5.60. The van der Waals surface area contributed by atoms with Crippen molar-refractivity contribution in [1.82, 2.24) is 9.97 Å². The molecule has 0 fully saturated rings. The topological polar surface area (TPSA) is 105 Å². The Morgan fingerprint density at radius 2 is 2.08 bits per heavy atom. The van der Waals surface area contributed by atoms with Crippen molar-refractivity contribution in [2.75, 3.05) is 11.9 Å². The van der Waals surface area contributed by atoms with Crippen LogP contribution in [0, 0.1) is 0 Å². The van der Waals surface area contributed by atoms with Gasteiger partial charge in [0.1, 0.15) is 5.75 Å². The Balaban J connectivity index is 1.76. The van der Waals surface area contributed by atoms with E-state index >= 15 is 0 Å². The van der Waals surface area contributed by atoms with Gasteiger partial charge < -0.3 is 15.8 Å². The molecule has 1 aliphatic rings. The molecular weight excluding hydrogens is 306 g/mol.